The first-order chi connectivity index (χ1) is 17.0. The minimum absolute atomic E-state index is 0.0267. The van der Waals surface area contributed by atoms with Crippen LogP contribution in [0.2, 0.25) is 0 Å². The molecule has 1 atom stereocenters. The van der Waals surface area contributed by atoms with Gasteiger partial charge in [0.2, 0.25) is 0 Å². The monoisotopic (exact) mass is 470 g/mol. The molecule has 0 spiro atoms. The number of hydrogen-bond acceptors (Lipinski definition) is 5. The number of nitrogens with one attached hydrogen (secondary N) is 2. The minimum atomic E-state index is -0.908. The predicted molar refractivity (Wildman–Crippen MR) is 127 cm³/mol. The van der Waals surface area contributed by atoms with Gasteiger partial charge < -0.3 is 20.3 Å². The number of ether oxygens (including phenoxy) is 1. The number of likely N-dealkylation sites (N-methyl/N-ethyl adjacent to an activating group) is 1. The highest BCUT2D eigenvalue weighted by Gasteiger charge is 2.30. The van der Waals surface area contributed by atoms with Crippen molar-refractivity contribution < 1.29 is 18.7 Å². The van der Waals surface area contributed by atoms with Gasteiger partial charge in [-0.1, -0.05) is 18.1 Å². The summed E-state index contributed by atoms with van der Waals surface area (Å²) < 4.78 is 21.6. The van der Waals surface area contributed by atoms with Gasteiger partial charge in [-0.2, -0.15) is 5.10 Å². The average Bonchev–Trinajstić information content (AvgIpc) is 3.24. The van der Waals surface area contributed by atoms with Crippen LogP contribution in [0.15, 0.2) is 67.0 Å². The van der Waals surface area contributed by atoms with Crippen molar-refractivity contribution in [3.05, 3.63) is 84.1 Å². The van der Waals surface area contributed by atoms with Crippen LogP contribution in [0.25, 0.3) is 5.65 Å². The molecule has 2 N–H and O–H groups in total. The quantitative estimate of drug-likeness (QED) is 0.439. The highest BCUT2D eigenvalue weighted by molar-refractivity contribution is 6.02. The summed E-state index contributed by atoms with van der Waals surface area (Å²) in [7, 11) is 1.62. The molecule has 2 aromatic carbocycles. The molecule has 0 radical (unpaired) electrons. The Bertz CT molecular complexity index is 1510. The predicted octanol–water partition coefficient (Wildman–Crippen LogP) is 2.81. The lowest BCUT2D eigenvalue weighted by molar-refractivity contribution is -0.120. The van der Waals surface area contributed by atoms with Crippen molar-refractivity contribution in [3.8, 4) is 17.6 Å². The standard InChI is InChI=1S/C25H19FN6O3/c1-31-21-5-2-3-6-22(21)35-15-20(24(31)33)30-25(34)29-17-9-11-19(26)16(13-17)8-10-18-14-27-23-7-4-12-28-32(18)23/h2-7,9,11-14,20H,15H2,1H3,(H2,29,30,34)/t20-/m0/s1. The highest BCUT2D eigenvalue weighted by atomic mass is 19.1. The number of anilines is 2. The maximum Gasteiger partial charge on any atom is 0.320 e. The van der Waals surface area contributed by atoms with E-state index < -0.39 is 17.9 Å². The van der Waals surface area contributed by atoms with E-state index in [1.54, 1.807) is 60.4 Å². The summed E-state index contributed by atoms with van der Waals surface area (Å²) in [5, 5.41) is 9.40. The second-order valence-electron chi connectivity index (χ2n) is 7.71. The number of amides is 3. The Morgan fingerprint density at radius 2 is 2.03 bits per heavy atom. The maximum absolute atomic E-state index is 14.4. The fraction of sp³-hybridized carbons (Fsp3) is 0.120. The molecule has 174 valence electrons. The van der Waals surface area contributed by atoms with E-state index in [4.69, 9.17) is 4.74 Å². The molecule has 4 aromatic rings. The van der Waals surface area contributed by atoms with Crippen molar-refractivity contribution in [1.29, 1.82) is 0 Å². The number of imidazole rings is 1. The van der Waals surface area contributed by atoms with Gasteiger partial charge in [-0.25, -0.2) is 18.7 Å². The van der Waals surface area contributed by atoms with Crippen molar-refractivity contribution >= 4 is 29.0 Å². The third-order valence-corrected chi connectivity index (χ3v) is 5.39. The van der Waals surface area contributed by atoms with E-state index in [0.29, 0.717) is 28.5 Å². The van der Waals surface area contributed by atoms with Crippen LogP contribution in [0.4, 0.5) is 20.6 Å². The van der Waals surface area contributed by atoms with Gasteiger partial charge in [0.1, 0.15) is 29.9 Å². The zero-order valence-electron chi connectivity index (χ0n) is 18.5. The molecule has 0 fully saturated rings. The van der Waals surface area contributed by atoms with E-state index in [1.807, 2.05) is 0 Å². The lowest BCUT2D eigenvalue weighted by atomic mass is 10.2. The Morgan fingerprint density at radius 1 is 1.17 bits per heavy atom. The number of fused-ring (bicyclic) bond motifs is 2. The number of urea groups is 1. The molecular formula is C25H19FN6O3. The fourth-order valence-electron chi connectivity index (χ4n) is 3.63. The SMILES string of the molecule is CN1C(=O)[C@@H](NC(=O)Nc2ccc(F)c(C#Cc3cnc4cccnn34)c2)COc2ccccc21. The normalized spacial score (nSPS) is 14.9. The number of rotatable bonds is 2. The Labute approximate surface area is 199 Å². The van der Waals surface area contributed by atoms with Gasteiger partial charge in [0.25, 0.3) is 5.91 Å². The second kappa shape index (κ2) is 9.15. The fourth-order valence-corrected chi connectivity index (χ4v) is 3.63. The smallest absolute Gasteiger partial charge is 0.320 e. The van der Waals surface area contributed by atoms with Crippen LogP contribution in [-0.2, 0) is 4.79 Å². The number of benzene rings is 2. The molecule has 3 heterocycles. The lowest BCUT2D eigenvalue weighted by Crippen LogP contribution is -2.50. The van der Waals surface area contributed by atoms with Crippen molar-refractivity contribution in [2.45, 2.75) is 6.04 Å². The summed E-state index contributed by atoms with van der Waals surface area (Å²) in [5.41, 5.74) is 2.12. The number of halogens is 1. The summed E-state index contributed by atoms with van der Waals surface area (Å²) in [6.45, 7) is -0.0267. The number of hydrogen-bond donors (Lipinski definition) is 2. The number of aromatic nitrogens is 3. The zero-order chi connectivity index (χ0) is 24.4. The van der Waals surface area contributed by atoms with Crippen LogP contribution < -0.4 is 20.3 Å². The summed E-state index contributed by atoms with van der Waals surface area (Å²) in [6, 6.07) is 13.1. The van der Waals surface area contributed by atoms with Crippen LogP contribution >= 0.6 is 0 Å². The van der Waals surface area contributed by atoms with Gasteiger partial charge in [-0.3, -0.25) is 4.79 Å². The molecule has 3 amide bonds. The molecule has 0 saturated heterocycles. The van der Waals surface area contributed by atoms with Crippen LogP contribution in [0.3, 0.4) is 0 Å². The highest BCUT2D eigenvalue weighted by Crippen LogP contribution is 2.29. The molecule has 10 heteroatoms. The van der Waals surface area contributed by atoms with Crippen molar-refractivity contribution in [3.63, 3.8) is 0 Å². The summed E-state index contributed by atoms with van der Waals surface area (Å²) >= 11 is 0. The molecule has 2 aromatic heterocycles. The average molecular weight is 470 g/mol. The van der Waals surface area contributed by atoms with Gasteiger partial charge in [0.05, 0.1) is 17.4 Å². The molecular weight excluding hydrogens is 451 g/mol. The van der Waals surface area contributed by atoms with E-state index in [1.165, 1.54) is 23.1 Å². The van der Waals surface area contributed by atoms with Crippen molar-refractivity contribution in [2.24, 2.45) is 0 Å². The molecule has 0 unspecified atom stereocenters. The van der Waals surface area contributed by atoms with Crippen molar-refractivity contribution in [1.82, 2.24) is 19.9 Å². The molecule has 0 aliphatic carbocycles. The third-order valence-electron chi connectivity index (χ3n) is 5.39. The second-order valence-corrected chi connectivity index (χ2v) is 7.71. The van der Waals surface area contributed by atoms with Gasteiger partial charge >= 0.3 is 6.03 Å². The maximum atomic E-state index is 14.4. The molecule has 0 saturated carbocycles. The van der Waals surface area contributed by atoms with Gasteiger partial charge in [-0.05, 0) is 48.4 Å². The zero-order valence-corrected chi connectivity index (χ0v) is 18.5. The van der Waals surface area contributed by atoms with E-state index in [0.717, 1.165) is 0 Å². The number of carbonyl (C=O) groups excluding carboxylic acids is 2. The number of nitrogens with zero attached hydrogens (tertiary/aromatic N) is 4. The van der Waals surface area contributed by atoms with Crippen LogP contribution in [-0.4, -0.2) is 46.2 Å². The van der Waals surface area contributed by atoms with Crippen LogP contribution in [0, 0.1) is 17.7 Å². The lowest BCUT2D eigenvalue weighted by Gasteiger charge is -2.20. The largest absolute Gasteiger partial charge is 0.489 e. The first-order valence-electron chi connectivity index (χ1n) is 10.7. The van der Waals surface area contributed by atoms with Gasteiger partial charge in [-0.15, -0.1) is 0 Å². The first-order valence-corrected chi connectivity index (χ1v) is 10.7. The number of para-hydroxylation sites is 2. The van der Waals surface area contributed by atoms with E-state index in [-0.39, 0.29) is 18.1 Å². The van der Waals surface area contributed by atoms with E-state index >= 15 is 0 Å². The molecule has 0 bridgehead atoms. The molecule has 9 nitrogen and oxygen atoms in total. The topological polar surface area (TPSA) is 101 Å². The molecule has 5 rings (SSSR count). The molecule has 35 heavy (non-hydrogen) atoms. The Balaban J connectivity index is 1.29. The van der Waals surface area contributed by atoms with Crippen LogP contribution in [0.5, 0.6) is 5.75 Å². The Hall–Kier alpha value is -4.91. The number of carbonyl (C=O) groups is 2. The van der Waals surface area contributed by atoms with Gasteiger partial charge in [0, 0.05) is 18.9 Å². The Kier molecular flexibility index (Phi) is 5.73. The van der Waals surface area contributed by atoms with Gasteiger partial charge in [0.15, 0.2) is 5.65 Å². The van der Waals surface area contributed by atoms with Crippen LogP contribution in [0.1, 0.15) is 11.3 Å². The third kappa shape index (κ3) is 4.47. The molecule has 1 aliphatic rings. The Morgan fingerprint density at radius 3 is 2.91 bits per heavy atom. The van der Waals surface area contributed by atoms with E-state index in [9.17, 15) is 14.0 Å². The minimum Gasteiger partial charge on any atom is -0.489 e. The van der Waals surface area contributed by atoms with Crippen molar-refractivity contribution in [2.75, 3.05) is 23.9 Å². The molecule has 1 aliphatic heterocycles. The first kappa shape index (κ1) is 21.9. The van der Waals surface area contributed by atoms with E-state index in [2.05, 4.69) is 32.6 Å². The summed E-state index contributed by atoms with van der Waals surface area (Å²) in [5.74, 6) is 5.29. The summed E-state index contributed by atoms with van der Waals surface area (Å²) in [6.07, 6.45) is 3.15. The summed E-state index contributed by atoms with van der Waals surface area (Å²) in [4.78, 5) is 31.0.